The van der Waals surface area contributed by atoms with Gasteiger partial charge in [0.05, 0.1) is 37.6 Å². The number of aliphatic hydroxyl groups excluding tert-OH is 1. The van der Waals surface area contributed by atoms with Crippen molar-refractivity contribution in [1.29, 1.82) is 0 Å². The van der Waals surface area contributed by atoms with Crippen molar-refractivity contribution in [3.63, 3.8) is 0 Å². The van der Waals surface area contributed by atoms with Crippen LogP contribution in [0.2, 0.25) is 0 Å². The lowest BCUT2D eigenvalue weighted by molar-refractivity contribution is -0.148. The zero-order valence-electron chi connectivity index (χ0n) is 25.4. The van der Waals surface area contributed by atoms with Crippen molar-refractivity contribution in [3.05, 3.63) is 11.6 Å². The Kier molecular flexibility index (Phi) is 6.69. The molecule has 5 heteroatoms. The van der Waals surface area contributed by atoms with Gasteiger partial charge in [0.1, 0.15) is 0 Å². The van der Waals surface area contributed by atoms with Gasteiger partial charge in [-0.3, -0.25) is 4.90 Å². The first-order valence-electron chi connectivity index (χ1n) is 16.6. The molecule has 2 saturated heterocycles. The van der Waals surface area contributed by atoms with Crippen molar-refractivity contribution in [3.8, 4) is 0 Å². The minimum Gasteiger partial charge on any atom is -0.393 e. The second kappa shape index (κ2) is 9.53. The number of allylic oxidation sites excluding steroid dienone is 1. The maximum absolute atomic E-state index is 10.4. The fourth-order valence-corrected chi connectivity index (χ4v) is 12.3. The quantitative estimate of drug-likeness (QED) is 0.324. The summed E-state index contributed by atoms with van der Waals surface area (Å²) >= 11 is 0. The van der Waals surface area contributed by atoms with Crippen LogP contribution in [0.25, 0.3) is 0 Å². The van der Waals surface area contributed by atoms with Crippen LogP contribution in [-0.4, -0.2) is 73.4 Å². The zero-order valence-corrected chi connectivity index (χ0v) is 25.4. The van der Waals surface area contributed by atoms with E-state index in [9.17, 15) is 5.11 Å². The molecule has 7 rings (SSSR count). The molecule has 4 saturated carbocycles. The Morgan fingerprint density at radius 3 is 2.72 bits per heavy atom. The van der Waals surface area contributed by atoms with Crippen molar-refractivity contribution in [1.82, 2.24) is 4.90 Å². The van der Waals surface area contributed by atoms with Crippen molar-refractivity contribution in [2.24, 2.45) is 45.8 Å². The first-order chi connectivity index (χ1) is 18.7. The molecule has 0 bridgehead atoms. The average molecular weight is 542 g/mol. The third-order valence-electron chi connectivity index (χ3n) is 14.1. The van der Waals surface area contributed by atoms with E-state index in [1.165, 1.54) is 51.5 Å². The number of likely N-dealkylation sites (tertiary alicyclic amines) is 1. The van der Waals surface area contributed by atoms with E-state index < -0.39 is 0 Å². The number of rotatable bonds is 7. The molecule has 7 aliphatic rings. The molecule has 0 aromatic carbocycles. The van der Waals surface area contributed by atoms with Crippen molar-refractivity contribution in [2.45, 2.75) is 116 Å². The number of fused-ring (bicyclic) bond motifs is 6. The van der Waals surface area contributed by atoms with E-state index in [4.69, 9.17) is 14.2 Å². The van der Waals surface area contributed by atoms with Gasteiger partial charge in [0, 0.05) is 37.1 Å². The lowest BCUT2D eigenvalue weighted by Crippen LogP contribution is -2.55. The molecule has 5 aliphatic carbocycles. The highest BCUT2D eigenvalue weighted by Crippen LogP contribution is 2.87. The van der Waals surface area contributed by atoms with Crippen LogP contribution in [0.5, 0.6) is 0 Å². The number of aliphatic hydroxyl groups is 1. The second-order valence-electron chi connectivity index (χ2n) is 15.5. The van der Waals surface area contributed by atoms with Gasteiger partial charge < -0.3 is 19.3 Å². The monoisotopic (exact) mass is 541 g/mol. The summed E-state index contributed by atoms with van der Waals surface area (Å²) in [6.45, 7) is 17.4. The van der Waals surface area contributed by atoms with E-state index in [-0.39, 0.29) is 11.7 Å². The average Bonchev–Trinajstić information content (AvgIpc) is 3.24. The van der Waals surface area contributed by atoms with Crippen LogP contribution in [0.4, 0.5) is 0 Å². The largest absolute Gasteiger partial charge is 0.393 e. The molecule has 2 unspecified atom stereocenters. The lowest BCUT2D eigenvalue weighted by atomic mass is 9.56. The Morgan fingerprint density at radius 1 is 1.08 bits per heavy atom. The topological polar surface area (TPSA) is 51.2 Å². The highest BCUT2D eigenvalue weighted by molar-refractivity contribution is 5.36. The van der Waals surface area contributed by atoms with E-state index >= 15 is 0 Å². The van der Waals surface area contributed by atoms with Crippen LogP contribution >= 0.6 is 0 Å². The number of ether oxygens (including phenoxy) is 3. The smallest absolute Gasteiger partial charge is 0.0787 e. The van der Waals surface area contributed by atoms with Crippen LogP contribution in [-0.2, 0) is 14.2 Å². The van der Waals surface area contributed by atoms with Gasteiger partial charge in [0.25, 0.3) is 0 Å². The standard InChI is InChI=1S/C34H55NO4/c1-6-37-15-16-38-14-13-35-20-22(2)17-29-30(35)23(3)34(39-29)12-10-27-26-8-7-24-18-25(36)9-11-31(24,4)28(26)19-33(27)21-32(33,34)5/h7,22-23,25-30,36H,6,8-21H2,1-5H3/t22-,23+,25-,26-,27-,28-,29+,30-,31-,32?,33?,34+/m0/s1. The predicted molar refractivity (Wildman–Crippen MR) is 153 cm³/mol. The summed E-state index contributed by atoms with van der Waals surface area (Å²) in [5, 5.41) is 10.4. The third kappa shape index (κ3) is 3.74. The molecule has 220 valence electrons. The number of hydrogen-bond donors (Lipinski definition) is 1. The Hall–Kier alpha value is -0.460. The minimum absolute atomic E-state index is 0.0321. The Bertz CT molecular complexity index is 984. The molecule has 12 atom stereocenters. The summed E-state index contributed by atoms with van der Waals surface area (Å²) in [5.74, 6) is 3.76. The van der Waals surface area contributed by atoms with Gasteiger partial charge in [0.2, 0.25) is 0 Å². The first-order valence-corrected chi connectivity index (χ1v) is 16.6. The highest BCUT2D eigenvalue weighted by Gasteiger charge is 2.84. The summed E-state index contributed by atoms with van der Waals surface area (Å²) in [6.07, 6.45) is 13.8. The molecule has 6 fully saturated rings. The van der Waals surface area contributed by atoms with Crippen molar-refractivity contribution in [2.75, 3.05) is 39.5 Å². The van der Waals surface area contributed by atoms with E-state index in [1.54, 1.807) is 5.57 Å². The molecule has 0 aromatic heterocycles. The first kappa shape index (κ1) is 27.4. The highest BCUT2D eigenvalue weighted by atomic mass is 16.5. The van der Waals surface area contributed by atoms with Gasteiger partial charge in [-0.1, -0.05) is 39.3 Å². The van der Waals surface area contributed by atoms with Gasteiger partial charge in [-0.2, -0.15) is 0 Å². The molecule has 2 heterocycles. The fraction of sp³-hybridized carbons (Fsp3) is 0.941. The molecule has 0 radical (unpaired) electrons. The molecule has 2 spiro atoms. The maximum atomic E-state index is 10.4. The summed E-state index contributed by atoms with van der Waals surface area (Å²) < 4.78 is 18.9. The minimum atomic E-state index is -0.117. The van der Waals surface area contributed by atoms with Gasteiger partial charge in [-0.05, 0) is 99.2 Å². The number of nitrogens with zero attached hydrogens (tertiary/aromatic N) is 1. The van der Waals surface area contributed by atoms with Crippen molar-refractivity contribution < 1.29 is 19.3 Å². The lowest BCUT2D eigenvalue weighted by Gasteiger charge is -2.50. The number of piperidine rings is 1. The maximum Gasteiger partial charge on any atom is 0.0787 e. The van der Waals surface area contributed by atoms with Crippen LogP contribution in [0.15, 0.2) is 11.6 Å². The molecule has 0 aromatic rings. The van der Waals surface area contributed by atoms with Crippen LogP contribution in [0.3, 0.4) is 0 Å². The summed E-state index contributed by atoms with van der Waals surface area (Å²) in [6, 6.07) is 0.525. The van der Waals surface area contributed by atoms with Gasteiger partial charge in [0.15, 0.2) is 0 Å². The Labute approximate surface area is 237 Å². The normalized spacial score (nSPS) is 53.9. The Balaban J connectivity index is 1.11. The van der Waals surface area contributed by atoms with Gasteiger partial charge in [-0.15, -0.1) is 0 Å². The van der Waals surface area contributed by atoms with Gasteiger partial charge in [-0.25, -0.2) is 0 Å². The SMILES string of the molecule is CCOCCOCCN1C[C@@H](C)C[C@H]2O[C@]3(CC[C@H]4[C@@H]5CC=C6C[C@@H](O)CC[C@]6(C)[C@H]5CC45CC53C)[C@H](C)[C@@H]21. The summed E-state index contributed by atoms with van der Waals surface area (Å²) in [5.41, 5.74) is 2.73. The molecule has 5 nitrogen and oxygen atoms in total. The molecule has 2 aliphatic heterocycles. The molecular weight excluding hydrogens is 486 g/mol. The molecular formula is C34H55NO4. The van der Waals surface area contributed by atoms with Gasteiger partial charge >= 0.3 is 0 Å². The van der Waals surface area contributed by atoms with E-state index in [1.807, 2.05) is 6.92 Å². The zero-order chi connectivity index (χ0) is 27.2. The predicted octanol–water partition coefficient (Wildman–Crippen LogP) is 5.85. The van der Waals surface area contributed by atoms with E-state index in [0.29, 0.717) is 53.4 Å². The Morgan fingerprint density at radius 2 is 1.90 bits per heavy atom. The molecule has 0 amide bonds. The van der Waals surface area contributed by atoms with E-state index in [0.717, 1.165) is 50.4 Å². The van der Waals surface area contributed by atoms with Crippen LogP contribution in [0.1, 0.15) is 92.4 Å². The number of hydrogen-bond acceptors (Lipinski definition) is 5. The summed E-state index contributed by atoms with van der Waals surface area (Å²) in [7, 11) is 0. The molecule has 39 heavy (non-hydrogen) atoms. The fourth-order valence-electron chi connectivity index (χ4n) is 12.3. The summed E-state index contributed by atoms with van der Waals surface area (Å²) in [4.78, 5) is 2.75. The second-order valence-corrected chi connectivity index (χ2v) is 15.5. The molecule has 1 N–H and O–H groups in total. The van der Waals surface area contributed by atoms with Crippen LogP contribution < -0.4 is 0 Å². The van der Waals surface area contributed by atoms with Crippen molar-refractivity contribution >= 4 is 0 Å². The third-order valence-corrected chi connectivity index (χ3v) is 14.1. The van der Waals surface area contributed by atoms with E-state index in [2.05, 4.69) is 38.7 Å². The van der Waals surface area contributed by atoms with Crippen LogP contribution in [0, 0.1) is 45.8 Å².